The zero-order valence-electron chi connectivity index (χ0n) is 11.3. The molecule has 19 heavy (non-hydrogen) atoms. The summed E-state index contributed by atoms with van der Waals surface area (Å²) >= 11 is 1.46. The van der Waals surface area contributed by atoms with Gasteiger partial charge < -0.3 is 9.47 Å². The lowest BCUT2D eigenvalue weighted by molar-refractivity contribution is -0.139. The van der Waals surface area contributed by atoms with Crippen LogP contribution in [-0.4, -0.2) is 35.0 Å². The Labute approximate surface area is 115 Å². The average molecular weight is 281 g/mol. The topological polar surface area (TPSA) is 66.2 Å². The van der Waals surface area contributed by atoms with Crippen LogP contribution in [0.15, 0.2) is 5.38 Å². The number of carbonyl (C=O) groups is 1. The molecule has 102 valence electrons. The third-order valence-electron chi connectivity index (χ3n) is 2.68. The monoisotopic (exact) mass is 281 g/mol. The maximum atomic E-state index is 11.2. The van der Waals surface area contributed by atoms with Crippen molar-refractivity contribution in [1.82, 2.24) is 14.8 Å². The SMILES string of the molecule is COC(=O)Cc1csc(-c2c(C)nn(C)c2OC)n1. The summed E-state index contributed by atoms with van der Waals surface area (Å²) in [5, 5.41) is 6.95. The van der Waals surface area contributed by atoms with Gasteiger partial charge >= 0.3 is 5.97 Å². The summed E-state index contributed by atoms with van der Waals surface area (Å²) in [5.41, 5.74) is 2.40. The van der Waals surface area contributed by atoms with E-state index in [0.29, 0.717) is 11.6 Å². The Morgan fingerprint density at radius 2 is 2.21 bits per heavy atom. The van der Waals surface area contributed by atoms with Gasteiger partial charge in [0.2, 0.25) is 5.88 Å². The summed E-state index contributed by atoms with van der Waals surface area (Å²) in [5.74, 6) is 0.364. The largest absolute Gasteiger partial charge is 0.481 e. The standard InChI is InChI=1S/C12H15N3O3S/c1-7-10(12(18-4)15(2)14-7)11-13-8(6-19-11)5-9(16)17-3/h6H,5H2,1-4H3. The lowest BCUT2D eigenvalue weighted by atomic mass is 10.2. The highest BCUT2D eigenvalue weighted by Crippen LogP contribution is 2.34. The third kappa shape index (κ3) is 2.60. The molecule has 0 aliphatic carbocycles. The second-order valence-corrected chi connectivity index (χ2v) is 4.85. The van der Waals surface area contributed by atoms with Gasteiger partial charge in [0.25, 0.3) is 0 Å². The maximum Gasteiger partial charge on any atom is 0.311 e. The smallest absolute Gasteiger partial charge is 0.311 e. The molecule has 0 aromatic carbocycles. The minimum atomic E-state index is -0.299. The second-order valence-electron chi connectivity index (χ2n) is 3.99. The summed E-state index contributed by atoms with van der Waals surface area (Å²) in [7, 11) is 4.78. The van der Waals surface area contributed by atoms with E-state index in [1.54, 1.807) is 11.8 Å². The van der Waals surface area contributed by atoms with Crippen molar-refractivity contribution >= 4 is 17.3 Å². The Bertz CT molecular complexity index is 603. The Kier molecular flexibility index (Phi) is 3.84. The van der Waals surface area contributed by atoms with E-state index >= 15 is 0 Å². The van der Waals surface area contributed by atoms with Crippen molar-refractivity contribution < 1.29 is 14.3 Å². The molecule has 2 aromatic heterocycles. The molecule has 2 aromatic rings. The Hall–Kier alpha value is -1.89. The fourth-order valence-electron chi connectivity index (χ4n) is 1.84. The molecule has 0 unspecified atom stereocenters. The molecular weight excluding hydrogens is 266 g/mol. The highest BCUT2D eigenvalue weighted by atomic mass is 32.1. The highest BCUT2D eigenvalue weighted by Gasteiger charge is 2.19. The zero-order chi connectivity index (χ0) is 14.0. The summed E-state index contributed by atoms with van der Waals surface area (Å²) in [6.45, 7) is 1.90. The van der Waals surface area contributed by atoms with Crippen LogP contribution in [0.2, 0.25) is 0 Å². The molecule has 0 aliphatic heterocycles. The maximum absolute atomic E-state index is 11.2. The van der Waals surface area contributed by atoms with Gasteiger partial charge in [0, 0.05) is 12.4 Å². The van der Waals surface area contributed by atoms with E-state index in [1.165, 1.54) is 18.4 Å². The van der Waals surface area contributed by atoms with Crippen molar-refractivity contribution in [3.63, 3.8) is 0 Å². The van der Waals surface area contributed by atoms with E-state index in [4.69, 9.17) is 4.74 Å². The summed E-state index contributed by atoms with van der Waals surface area (Å²) < 4.78 is 11.6. The van der Waals surface area contributed by atoms with E-state index in [-0.39, 0.29) is 12.4 Å². The van der Waals surface area contributed by atoms with Gasteiger partial charge in [0.1, 0.15) is 5.01 Å². The number of methoxy groups -OCH3 is 2. The molecule has 0 N–H and O–H groups in total. The first-order chi connectivity index (χ1) is 9.06. The predicted molar refractivity (Wildman–Crippen MR) is 71.3 cm³/mol. The first kappa shape index (κ1) is 13.5. The molecule has 0 spiro atoms. The van der Waals surface area contributed by atoms with Gasteiger partial charge in [0.15, 0.2) is 0 Å². The van der Waals surface area contributed by atoms with Gasteiger partial charge in [-0.25, -0.2) is 9.67 Å². The predicted octanol–water partition coefficient (Wildman–Crippen LogP) is 1.58. The van der Waals surface area contributed by atoms with Crippen LogP contribution in [0.25, 0.3) is 10.6 Å². The molecule has 0 saturated carbocycles. The number of ether oxygens (including phenoxy) is 2. The summed E-state index contributed by atoms with van der Waals surface area (Å²) in [4.78, 5) is 15.7. The minimum absolute atomic E-state index is 0.175. The third-order valence-corrected chi connectivity index (χ3v) is 3.59. The lowest BCUT2D eigenvalue weighted by Gasteiger charge is -2.01. The van der Waals surface area contributed by atoms with E-state index in [1.807, 2.05) is 19.4 Å². The molecule has 0 fully saturated rings. The normalized spacial score (nSPS) is 10.5. The van der Waals surface area contributed by atoms with Crippen LogP contribution in [0.3, 0.4) is 0 Å². The molecule has 6 nitrogen and oxygen atoms in total. The van der Waals surface area contributed by atoms with Gasteiger partial charge in [-0.1, -0.05) is 0 Å². The van der Waals surface area contributed by atoms with Gasteiger partial charge in [-0.05, 0) is 6.92 Å². The number of nitrogens with zero attached hydrogens (tertiary/aromatic N) is 3. The Balaban J connectivity index is 2.35. The summed E-state index contributed by atoms with van der Waals surface area (Å²) in [6.07, 6.45) is 0.175. The van der Waals surface area contributed by atoms with Crippen LogP contribution in [0.1, 0.15) is 11.4 Å². The van der Waals surface area contributed by atoms with E-state index in [0.717, 1.165) is 16.3 Å². The highest BCUT2D eigenvalue weighted by molar-refractivity contribution is 7.13. The van der Waals surface area contributed by atoms with E-state index in [2.05, 4.69) is 14.8 Å². The molecule has 2 rings (SSSR count). The number of rotatable bonds is 4. The van der Waals surface area contributed by atoms with Crippen LogP contribution in [0.4, 0.5) is 0 Å². The van der Waals surface area contributed by atoms with Gasteiger partial charge in [-0.2, -0.15) is 5.10 Å². The number of thiazole rings is 1. The molecule has 0 amide bonds. The van der Waals surface area contributed by atoms with Crippen LogP contribution in [0.5, 0.6) is 5.88 Å². The number of aromatic nitrogens is 3. The number of hydrogen-bond donors (Lipinski definition) is 0. The molecule has 0 aliphatic rings. The number of carbonyl (C=O) groups excluding carboxylic acids is 1. The summed E-state index contributed by atoms with van der Waals surface area (Å²) in [6, 6.07) is 0. The van der Waals surface area contributed by atoms with Crippen molar-refractivity contribution in [1.29, 1.82) is 0 Å². The lowest BCUT2D eigenvalue weighted by Crippen LogP contribution is -2.04. The zero-order valence-corrected chi connectivity index (χ0v) is 12.1. The number of esters is 1. The van der Waals surface area contributed by atoms with Crippen molar-refractivity contribution in [2.24, 2.45) is 7.05 Å². The van der Waals surface area contributed by atoms with Crippen LogP contribution in [-0.2, 0) is 23.0 Å². The van der Waals surface area contributed by atoms with Crippen molar-refractivity contribution in [3.05, 3.63) is 16.8 Å². The number of hydrogen-bond acceptors (Lipinski definition) is 6. The molecular formula is C12H15N3O3S. The Morgan fingerprint density at radius 1 is 1.47 bits per heavy atom. The molecule has 0 radical (unpaired) electrons. The molecule has 0 saturated heterocycles. The van der Waals surface area contributed by atoms with Crippen molar-refractivity contribution in [2.45, 2.75) is 13.3 Å². The molecule has 0 atom stereocenters. The second kappa shape index (κ2) is 5.40. The van der Waals surface area contributed by atoms with Gasteiger partial charge in [-0.15, -0.1) is 11.3 Å². The van der Waals surface area contributed by atoms with Gasteiger partial charge in [-0.3, -0.25) is 4.79 Å². The average Bonchev–Trinajstić information content (AvgIpc) is 2.93. The first-order valence-electron chi connectivity index (χ1n) is 5.66. The van der Waals surface area contributed by atoms with E-state index < -0.39 is 0 Å². The van der Waals surface area contributed by atoms with E-state index in [9.17, 15) is 4.79 Å². The van der Waals surface area contributed by atoms with Gasteiger partial charge in [0.05, 0.1) is 37.6 Å². The molecule has 2 heterocycles. The quantitative estimate of drug-likeness (QED) is 0.796. The molecule has 7 heteroatoms. The van der Waals surface area contributed by atoms with Crippen molar-refractivity contribution in [3.8, 4) is 16.5 Å². The number of aryl methyl sites for hydroxylation is 2. The Morgan fingerprint density at radius 3 is 2.84 bits per heavy atom. The van der Waals surface area contributed by atoms with Crippen LogP contribution < -0.4 is 4.74 Å². The first-order valence-corrected chi connectivity index (χ1v) is 6.54. The van der Waals surface area contributed by atoms with Crippen LogP contribution >= 0.6 is 11.3 Å². The van der Waals surface area contributed by atoms with Crippen molar-refractivity contribution in [2.75, 3.05) is 14.2 Å². The molecule has 0 bridgehead atoms. The van der Waals surface area contributed by atoms with Crippen LogP contribution in [0, 0.1) is 6.92 Å². The fraction of sp³-hybridized carbons (Fsp3) is 0.417. The minimum Gasteiger partial charge on any atom is -0.481 e. The fourth-order valence-corrected chi connectivity index (χ4v) is 2.75.